The van der Waals surface area contributed by atoms with Crippen LogP contribution in [0.15, 0.2) is 59.3 Å². The Morgan fingerprint density at radius 1 is 1.07 bits per heavy atom. The second-order valence-electron chi connectivity index (χ2n) is 6.86. The van der Waals surface area contributed by atoms with Gasteiger partial charge in [0.1, 0.15) is 17.9 Å². The molecule has 0 amide bonds. The smallest absolute Gasteiger partial charge is 0.137 e. The van der Waals surface area contributed by atoms with E-state index in [0.29, 0.717) is 12.2 Å². The molecule has 0 unspecified atom stereocenters. The second kappa shape index (κ2) is 8.64. The Hall–Kier alpha value is -3.23. The second-order valence-corrected chi connectivity index (χ2v) is 6.86. The van der Waals surface area contributed by atoms with Gasteiger partial charge in [0.15, 0.2) is 0 Å². The Labute approximate surface area is 163 Å². The highest BCUT2D eigenvalue weighted by atomic mass is 16.5. The minimum absolute atomic E-state index is 0.631. The van der Waals surface area contributed by atoms with Crippen LogP contribution in [0.4, 0.5) is 0 Å². The topological polar surface area (TPSA) is 74.0 Å². The maximum atomic E-state index is 9.07. The van der Waals surface area contributed by atoms with E-state index < -0.39 is 0 Å². The molecule has 4 aromatic rings. The highest BCUT2D eigenvalue weighted by Gasteiger charge is 2.05. The van der Waals surface area contributed by atoms with Crippen molar-refractivity contribution in [1.29, 1.82) is 5.26 Å². The molecule has 2 heterocycles. The number of hydrogen-bond acceptors (Lipinski definition) is 4. The first-order chi connectivity index (χ1) is 13.8. The number of H-pyrrole nitrogens is 1. The van der Waals surface area contributed by atoms with Crippen molar-refractivity contribution < 1.29 is 9.15 Å². The van der Waals surface area contributed by atoms with Crippen molar-refractivity contribution >= 4 is 21.9 Å². The number of aromatic amines is 1. The third-order valence-electron chi connectivity index (χ3n) is 4.92. The third kappa shape index (κ3) is 4.19. The average molecular weight is 373 g/mol. The van der Waals surface area contributed by atoms with E-state index in [1.165, 1.54) is 5.56 Å². The molecule has 0 saturated heterocycles. The lowest BCUT2D eigenvalue weighted by Gasteiger charge is -2.07. The van der Waals surface area contributed by atoms with Gasteiger partial charge in [0, 0.05) is 35.1 Å². The monoisotopic (exact) mass is 373 g/mol. The van der Waals surface area contributed by atoms with Crippen LogP contribution in [0.25, 0.3) is 21.9 Å². The third-order valence-corrected chi connectivity index (χ3v) is 4.92. The number of rotatable bonds is 9. The quantitative estimate of drug-likeness (QED) is 0.414. The van der Waals surface area contributed by atoms with Crippen molar-refractivity contribution in [3.8, 4) is 11.8 Å². The number of nitrogens with zero attached hydrogens (tertiary/aromatic N) is 1. The van der Waals surface area contributed by atoms with Crippen LogP contribution < -0.4 is 10.1 Å². The molecule has 0 aliphatic rings. The van der Waals surface area contributed by atoms with Gasteiger partial charge in [-0.25, -0.2) is 0 Å². The zero-order valence-electron chi connectivity index (χ0n) is 15.7. The van der Waals surface area contributed by atoms with Crippen molar-refractivity contribution in [1.82, 2.24) is 10.3 Å². The molecule has 0 aliphatic heterocycles. The lowest BCUT2D eigenvalue weighted by Crippen LogP contribution is -2.22. The van der Waals surface area contributed by atoms with Crippen molar-refractivity contribution in [3.63, 3.8) is 0 Å². The molecular weight excluding hydrogens is 350 g/mol. The minimum Gasteiger partial charge on any atom is -0.492 e. The van der Waals surface area contributed by atoms with Crippen molar-refractivity contribution in [2.45, 2.75) is 19.3 Å². The number of aromatic nitrogens is 1. The Kier molecular flexibility index (Phi) is 5.60. The molecule has 0 saturated carbocycles. The van der Waals surface area contributed by atoms with Crippen LogP contribution >= 0.6 is 0 Å². The fourth-order valence-corrected chi connectivity index (χ4v) is 3.41. The van der Waals surface area contributed by atoms with E-state index in [4.69, 9.17) is 14.4 Å². The largest absolute Gasteiger partial charge is 0.492 e. The molecule has 142 valence electrons. The lowest BCUT2D eigenvalue weighted by molar-refractivity contribution is 0.313. The molecule has 5 nitrogen and oxygen atoms in total. The highest BCUT2D eigenvalue weighted by Crippen LogP contribution is 2.22. The van der Waals surface area contributed by atoms with Gasteiger partial charge in [-0.3, -0.25) is 0 Å². The first-order valence-corrected chi connectivity index (χ1v) is 9.64. The summed E-state index contributed by atoms with van der Waals surface area (Å²) < 4.78 is 11.2. The van der Waals surface area contributed by atoms with E-state index in [1.54, 1.807) is 6.26 Å². The summed E-state index contributed by atoms with van der Waals surface area (Å²) in [6, 6.07) is 15.8. The Morgan fingerprint density at radius 2 is 2.04 bits per heavy atom. The summed E-state index contributed by atoms with van der Waals surface area (Å²) in [5.74, 6) is 0.834. The summed E-state index contributed by atoms with van der Waals surface area (Å²) >= 11 is 0. The molecule has 0 spiro atoms. The molecule has 0 radical (unpaired) electrons. The molecule has 0 fully saturated rings. The standard InChI is InChI=1S/C23H23N3O2/c24-15-17-4-7-22-21(13-17)19(16-26-22)3-1-2-9-25-10-12-27-20-6-5-18-8-11-28-23(18)14-20/h4-8,11,13-14,16,25-26H,1-3,9-10,12H2. The number of benzene rings is 2. The summed E-state index contributed by atoms with van der Waals surface area (Å²) in [5, 5.41) is 14.7. The first-order valence-electron chi connectivity index (χ1n) is 9.64. The van der Waals surface area contributed by atoms with Crippen LogP contribution in [-0.2, 0) is 6.42 Å². The molecule has 5 heteroatoms. The number of furan rings is 1. The summed E-state index contributed by atoms with van der Waals surface area (Å²) in [6.07, 6.45) is 6.96. The zero-order chi connectivity index (χ0) is 19.2. The summed E-state index contributed by atoms with van der Waals surface area (Å²) in [6.45, 7) is 2.41. The number of nitrogens with one attached hydrogen (secondary N) is 2. The number of aryl methyl sites for hydroxylation is 1. The van der Waals surface area contributed by atoms with E-state index in [-0.39, 0.29) is 0 Å². The normalized spacial score (nSPS) is 11.1. The zero-order valence-corrected chi connectivity index (χ0v) is 15.7. The number of nitriles is 1. The van der Waals surface area contributed by atoms with Gasteiger partial charge in [0.2, 0.25) is 0 Å². The fraction of sp³-hybridized carbons (Fsp3) is 0.261. The van der Waals surface area contributed by atoms with Crippen LogP contribution in [0, 0.1) is 11.3 Å². The Bertz CT molecular complexity index is 1100. The van der Waals surface area contributed by atoms with Gasteiger partial charge < -0.3 is 19.5 Å². The van der Waals surface area contributed by atoms with Gasteiger partial charge >= 0.3 is 0 Å². The molecule has 0 atom stereocenters. The first kappa shape index (κ1) is 18.1. The van der Waals surface area contributed by atoms with Gasteiger partial charge in [0.25, 0.3) is 0 Å². The van der Waals surface area contributed by atoms with Crippen LogP contribution in [-0.4, -0.2) is 24.7 Å². The van der Waals surface area contributed by atoms with Gasteiger partial charge in [0.05, 0.1) is 17.9 Å². The number of unbranched alkanes of at least 4 members (excludes halogenated alkanes) is 1. The van der Waals surface area contributed by atoms with Gasteiger partial charge in [-0.05, 0) is 67.8 Å². The molecule has 0 aliphatic carbocycles. The van der Waals surface area contributed by atoms with Gasteiger partial charge in [-0.15, -0.1) is 0 Å². The van der Waals surface area contributed by atoms with Crippen molar-refractivity contribution in [3.05, 3.63) is 66.1 Å². The number of ether oxygens (including phenoxy) is 1. The molecule has 28 heavy (non-hydrogen) atoms. The van der Waals surface area contributed by atoms with E-state index in [0.717, 1.165) is 60.0 Å². The summed E-state index contributed by atoms with van der Waals surface area (Å²) in [7, 11) is 0. The molecular formula is C23H23N3O2. The fourth-order valence-electron chi connectivity index (χ4n) is 3.41. The van der Waals surface area contributed by atoms with E-state index in [1.807, 2.05) is 42.5 Å². The van der Waals surface area contributed by atoms with E-state index in [9.17, 15) is 0 Å². The number of hydrogen-bond donors (Lipinski definition) is 2. The SMILES string of the molecule is N#Cc1ccc2[nH]cc(CCCCNCCOc3ccc4ccoc4c3)c2c1. The maximum absolute atomic E-state index is 9.07. The average Bonchev–Trinajstić information content (AvgIpc) is 3.36. The van der Waals surface area contributed by atoms with E-state index >= 15 is 0 Å². The summed E-state index contributed by atoms with van der Waals surface area (Å²) in [5.41, 5.74) is 3.94. The van der Waals surface area contributed by atoms with Crippen LogP contribution in [0.1, 0.15) is 24.0 Å². The molecule has 0 bridgehead atoms. The van der Waals surface area contributed by atoms with Gasteiger partial charge in [-0.1, -0.05) is 0 Å². The lowest BCUT2D eigenvalue weighted by atomic mass is 10.1. The Balaban J connectivity index is 1.14. The predicted molar refractivity (Wildman–Crippen MR) is 111 cm³/mol. The van der Waals surface area contributed by atoms with E-state index in [2.05, 4.69) is 22.6 Å². The van der Waals surface area contributed by atoms with Crippen LogP contribution in [0.2, 0.25) is 0 Å². The van der Waals surface area contributed by atoms with Gasteiger partial charge in [-0.2, -0.15) is 5.26 Å². The number of fused-ring (bicyclic) bond motifs is 2. The molecule has 4 rings (SSSR count). The van der Waals surface area contributed by atoms with Crippen molar-refractivity contribution in [2.75, 3.05) is 19.7 Å². The minimum atomic E-state index is 0.631. The van der Waals surface area contributed by atoms with Crippen LogP contribution in [0.3, 0.4) is 0 Å². The molecule has 2 N–H and O–H groups in total. The summed E-state index contributed by atoms with van der Waals surface area (Å²) in [4.78, 5) is 3.28. The maximum Gasteiger partial charge on any atom is 0.137 e. The highest BCUT2D eigenvalue weighted by molar-refractivity contribution is 5.84. The van der Waals surface area contributed by atoms with Crippen molar-refractivity contribution in [2.24, 2.45) is 0 Å². The predicted octanol–water partition coefficient (Wildman–Crippen LogP) is 4.78. The Morgan fingerprint density at radius 3 is 2.96 bits per heavy atom. The van der Waals surface area contributed by atoms with Crippen LogP contribution in [0.5, 0.6) is 5.75 Å². The molecule has 2 aromatic carbocycles. The molecule has 2 aromatic heterocycles.